The third-order valence-corrected chi connectivity index (χ3v) is 3.86. The average Bonchev–Trinajstić information content (AvgIpc) is 2.73. The minimum absolute atomic E-state index is 0.149. The second-order valence-corrected chi connectivity index (χ2v) is 6.06. The van der Waals surface area contributed by atoms with Gasteiger partial charge in [-0.1, -0.05) is 12.1 Å². The summed E-state index contributed by atoms with van der Waals surface area (Å²) in [7, 11) is 1.60. The lowest BCUT2D eigenvalue weighted by Crippen LogP contribution is -2.26. The van der Waals surface area contributed by atoms with E-state index in [-0.39, 0.29) is 18.2 Å². The Morgan fingerprint density at radius 3 is 2.62 bits per heavy atom. The Labute approximate surface area is 170 Å². The van der Waals surface area contributed by atoms with Gasteiger partial charge in [-0.05, 0) is 31.5 Å². The Kier molecular flexibility index (Phi) is 9.44. The van der Waals surface area contributed by atoms with E-state index < -0.39 is 0 Å². The number of amides is 2. The molecule has 0 aliphatic heterocycles. The van der Waals surface area contributed by atoms with Crippen LogP contribution in [0, 0.1) is 0 Å². The summed E-state index contributed by atoms with van der Waals surface area (Å²) in [6.07, 6.45) is 2.33. The number of hydrogen-bond donors (Lipinski definition) is 2. The van der Waals surface area contributed by atoms with Gasteiger partial charge in [-0.2, -0.15) is 0 Å². The van der Waals surface area contributed by atoms with E-state index in [1.165, 1.54) is 6.20 Å². The zero-order valence-electron chi connectivity index (χ0n) is 16.8. The van der Waals surface area contributed by atoms with Gasteiger partial charge in [0, 0.05) is 26.1 Å². The number of nitrogens with zero attached hydrogens (tertiary/aromatic N) is 1. The zero-order chi connectivity index (χ0) is 20.9. The summed E-state index contributed by atoms with van der Waals surface area (Å²) < 4.78 is 15.7. The third-order valence-electron chi connectivity index (χ3n) is 3.86. The van der Waals surface area contributed by atoms with Gasteiger partial charge in [-0.3, -0.25) is 9.59 Å². The Morgan fingerprint density at radius 2 is 1.90 bits per heavy atom. The average molecular weight is 401 g/mol. The van der Waals surface area contributed by atoms with Gasteiger partial charge in [0.1, 0.15) is 12.4 Å². The summed E-state index contributed by atoms with van der Waals surface area (Å²) in [5.41, 5.74) is 1.07. The zero-order valence-corrected chi connectivity index (χ0v) is 16.8. The molecule has 0 fully saturated rings. The molecule has 2 amide bonds. The molecule has 1 aromatic heterocycles. The van der Waals surface area contributed by atoms with Gasteiger partial charge in [0.05, 0.1) is 30.7 Å². The van der Waals surface area contributed by atoms with Crippen molar-refractivity contribution in [2.45, 2.75) is 19.8 Å². The Hall–Kier alpha value is -3.13. The molecule has 156 valence electrons. The van der Waals surface area contributed by atoms with Gasteiger partial charge in [-0.25, -0.2) is 4.98 Å². The van der Waals surface area contributed by atoms with Crippen LogP contribution in [0.4, 0.5) is 5.69 Å². The predicted molar refractivity (Wildman–Crippen MR) is 109 cm³/mol. The summed E-state index contributed by atoms with van der Waals surface area (Å²) in [5.74, 6) is 0.647. The Balaban J connectivity index is 1.70. The number of anilines is 1. The fraction of sp³-hybridized carbons (Fsp3) is 0.381. The van der Waals surface area contributed by atoms with E-state index in [4.69, 9.17) is 14.2 Å². The minimum atomic E-state index is -0.220. The molecule has 0 saturated heterocycles. The standard InChI is InChI=1S/C21H27N3O5/c1-3-28-18-8-5-4-7-17(18)21(26)22-12-6-9-19(25)24-16-10-11-20(23-15-16)29-14-13-27-2/h4-5,7-8,10-11,15H,3,6,9,12-14H2,1-2H3,(H,22,26)(H,24,25). The molecule has 1 aromatic carbocycles. The number of methoxy groups -OCH3 is 1. The molecule has 2 N–H and O–H groups in total. The van der Waals surface area contributed by atoms with Crippen LogP contribution < -0.4 is 20.1 Å². The number of pyridine rings is 1. The molecular weight excluding hydrogens is 374 g/mol. The predicted octanol–water partition coefficient (Wildman–Crippen LogP) is 2.65. The van der Waals surface area contributed by atoms with Gasteiger partial charge in [-0.15, -0.1) is 0 Å². The number of hydrogen-bond acceptors (Lipinski definition) is 6. The highest BCUT2D eigenvalue weighted by molar-refractivity contribution is 5.97. The normalized spacial score (nSPS) is 10.3. The van der Waals surface area contributed by atoms with Gasteiger partial charge in [0.2, 0.25) is 11.8 Å². The molecule has 0 saturated carbocycles. The van der Waals surface area contributed by atoms with Gasteiger partial charge >= 0.3 is 0 Å². The first-order valence-corrected chi connectivity index (χ1v) is 9.51. The van der Waals surface area contributed by atoms with Crippen LogP contribution in [0.25, 0.3) is 0 Å². The number of nitrogens with one attached hydrogen (secondary N) is 2. The Morgan fingerprint density at radius 1 is 1.07 bits per heavy atom. The number of carbonyl (C=O) groups excluding carboxylic acids is 2. The number of ether oxygens (including phenoxy) is 3. The fourth-order valence-electron chi connectivity index (χ4n) is 2.47. The summed E-state index contributed by atoms with van der Waals surface area (Å²) in [4.78, 5) is 28.4. The minimum Gasteiger partial charge on any atom is -0.493 e. The third kappa shape index (κ3) is 7.79. The van der Waals surface area contributed by atoms with Crippen LogP contribution in [0.3, 0.4) is 0 Å². The van der Waals surface area contributed by atoms with E-state index in [9.17, 15) is 9.59 Å². The van der Waals surface area contributed by atoms with Crippen LogP contribution in [0.5, 0.6) is 11.6 Å². The molecule has 0 radical (unpaired) electrons. The van der Waals surface area contributed by atoms with Crippen molar-refractivity contribution in [1.82, 2.24) is 10.3 Å². The van der Waals surface area contributed by atoms with Crippen LogP contribution in [-0.2, 0) is 9.53 Å². The van der Waals surface area contributed by atoms with Crippen molar-refractivity contribution in [2.75, 3.05) is 38.8 Å². The van der Waals surface area contributed by atoms with Crippen molar-refractivity contribution < 1.29 is 23.8 Å². The SMILES string of the molecule is CCOc1ccccc1C(=O)NCCCC(=O)Nc1ccc(OCCOC)nc1. The number of para-hydroxylation sites is 1. The van der Waals surface area contributed by atoms with Crippen LogP contribution >= 0.6 is 0 Å². The van der Waals surface area contributed by atoms with E-state index in [0.29, 0.717) is 55.7 Å². The first-order chi connectivity index (χ1) is 14.1. The first-order valence-electron chi connectivity index (χ1n) is 9.51. The first kappa shape index (κ1) is 22.2. The quantitative estimate of drug-likeness (QED) is 0.531. The van der Waals surface area contributed by atoms with E-state index in [1.807, 2.05) is 13.0 Å². The van der Waals surface area contributed by atoms with Gasteiger partial charge in [0.15, 0.2) is 0 Å². The summed E-state index contributed by atoms with van der Waals surface area (Å²) in [5, 5.41) is 5.58. The molecule has 29 heavy (non-hydrogen) atoms. The van der Waals surface area contributed by atoms with E-state index in [2.05, 4.69) is 15.6 Å². The van der Waals surface area contributed by atoms with E-state index >= 15 is 0 Å². The van der Waals surface area contributed by atoms with Crippen molar-refractivity contribution >= 4 is 17.5 Å². The number of aromatic nitrogens is 1. The Bertz CT molecular complexity index is 780. The molecular formula is C21H27N3O5. The molecule has 0 spiro atoms. The highest BCUT2D eigenvalue weighted by Gasteiger charge is 2.11. The summed E-state index contributed by atoms with van der Waals surface area (Å²) >= 11 is 0. The van der Waals surface area contributed by atoms with Crippen LogP contribution in [0.15, 0.2) is 42.6 Å². The molecule has 0 aliphatic carbocycles. The topological polar surface area (TPSA) is 98.8 Å². The second kappa shape index (κ2) is 12.4. The van der Waals surface area contributed by atoms with E-state index in [1.54, 1.807) is 37.4 Å². The van der Waals surface area contributed by atoms with Crippen LogP contribution in [0.1, 0.15) is 30.1 Å². The summed E-state index contributed by atoms with van der Waals surface area (Å²) in [6, 6.07) is 10.5. The molecule has 1 heterocycles. The number of carbonyl (C=O) groups is 2. The van der Waals surface area contributed by atoms with Crippen molar-refractivity contribution in [3.63, 3.8) is 0 Å². The molecule has 2 aromatic rings. The molecule has 0 unspecified atom stereocenters. The maximum Gasteiger partial charge on any atom is 0.255 e. The van der Waals surface area contributed by atoms with E-state index in [0.717, 1.165) is 0 Å². The molecule has 0 bridgehead atoms. The molecule has 8 heteroatoms. The lowest BCUT2D eigenvalue weighted by atomic mass is 10.2. The monoisotopic (exact) mass is 401 g/mol. The molecule has 0 atom stereocenters. The van der Waals surface area contributed by atoms with Crippen molar-refractivity contribution in [1.29, 1.82) is 0 Å². The van der Waals surface area contributed by atoms with Crippen LogP contribution in [-0.4, -0.2) is 50.3 Å². The van der Waals surface area contributed by atoms with Gasteiger partial charge < -0.3 is 24.8 Å². The van der Waals surface area contributed by atoms with Gasteiger partial charge in [0.25, 0.3) is 5.91 Å². The number of benzene rings is 1. The second-order valence-electron chi connectivity index (χ2n) is 6.06. The largest absolute Gasteiger partial charge is 0.493 e. The van der Waals surface area contributed by atoms with Crippen molar-refractivity contribution in [3.8, 4) is 11.6 Å². The number of rotatable bonds is 12. The smallest absolute Gasteiger partial charge is 0.255 e. The summed E-state index contributed by atoms with van der Waals surface area (Å²) in [6.45, 7) is 3.63. The van der Waals surface area contributed by atoms with Crippen molar-refractivity contribution in [3.05, 3.63) is 48.2 Å². The molecule has 2 rings (SSSR count). The molecule has 8 nitrogen and oxygen atoms in total. The highest BCUT2D eigenvalue weighted by atomic mass is 16.5. The lowest BCUT2D eigenvalue weighted by molar-refractivity contribution is -0.116. The maximum absolute atomic E-state index is 12.3. The fourth-order valence-corrected chi connectivity index (χ4v) is 2.47. The maximum atomic E-state index is 12.3. The highest BCUT2D eigenvalue weighted by Crippen LogP contribution is 2.17. The van der Waals surface area contributed by atoms with Crippen molar-refractivity contribution in [2.24, 2.45) is 0 Å². The lowest BCUT2D eigenvalue weighted by Gasteiger charge is -2.10. The van der Waals surface area contributed by atoms with Crippen LogP contribution in [0.2, 0.25) is 0 Å². The molecule has 0 aliphatic rings.